The number of likely N-dealkylation sites (tertiary alicyclic amines) is 1. The van der Waals surface area contributed by atoms with E-state index in [9.17, 15) is 14.7 Å². The fraction of sp³-hybridized carbons (Fsp3) is 0.556. The number of nitrogens with zero attached hydrogens (tertiary/aromatic N) is 4. The highest BCUT2D eigenvalue weighted by atomic mass is 16.4. The van der Waals surface area contributed by atoms with Crippen LogP contribution in [0.25, 0.3) is 11.0 Å². The summed E-state index contributed by atoms with van der Waals surface area (Å²) in [7, 11) is 0. The van der Waals surface area contributed by atoms with E-state index in [1.807, 2.05) is 38.4 Å². The van der Waals surface area contributed by atoms with E-state index < -0.39 is 11.9 Å². The van der Waals surface area contributed by atoms with Crippen molar-refractivity contribution in [3.63, 3.8) is 0 Å². The molecule has 1 saturated heterocycles. The first kappa shape index (κ1) is 17.4. The molecule has 25 heavy (non-hydrogen) atoms. The minimum Gasteiger partial charge on any atom is -0.481 e. The summed E-state index contributed by atoms with van der Waals surface area (Å²) in [6, 6.07) is 1.68. The number of carboxylic acid groups (broad SMARTS) is 1. The van der Waals surface area contributed by atoms with Crippen LogP contribution < -0.4 is 0 Å². The van der Waals surface area contributed by atoms with Gasteiger partial charge in [0.1, 0.15) is 0 Å². The number of rotatable bonds is 3. The first-order chi connectivity index (χ1) is 11.8. The maximum Gasteiger partial charge on any atom is 0.308 e. The molecule has 7 heteroatoms. The van der Waals surface area contributed by atoms with Gasteiger partial charge in [0.2, 0.25) is 0 Å². The van der Waals surface area contributed by atoms with E-state index >= 15 is 0 Å². The molecule has 1 N–H and O–H groups in total. The van der Waals surface area contributed by atoms with Crippen LogP contribution in [-0.2, 0) is 4.79 Å². The van der Waals surface area contributed by atoms with Crippen molar-refractivity contribution in [3.8, 4) is 0 Å². The SMILES string of the molecule is Cc1nc2c(cnn2C(C)C)cc1C(=O)N1CCC[C@H](C(=O)O)[C@@H]1C. The molecule has 0 unspecified atom stereocenters. The number of aryl methyl sites for hydroxylation is 1. The molecule has 1 aliphatic heterocycles. The number of amides is 1. The van der Waals surface area contributed by atoms with Crippen LogP contribution in [0, 0.1) is 12.8 Å². The highest BCUT2D eigenvalue weighted by Crippen LogP contribution is 2.27. The summed E-state index contributed by atoms with van der Waals surface area (Å²) in [6.45, 7) is 8.27. The Morgan fingerprint density at radius 1 is 1.36 bits per heavy atom. The van der Waals surface area contributed by atoms with Crippen molar-refractivity contribution in [1.29, 1.82) is 0 Å². The van der Waals surface area contributed by atoms with Crippen molar-refractivity contribution in [2.45, 2.75) is 52.6 Å². The minimum absolute atomic E-state index is 0.150. The molecule has 0 aromatic carbocycles. The van der Waals surface area contributed by atoms with Gasteiger partial charge in [0.15, 0.2) is 5.65 Å². The second-order valence-corrected chi connectivity index (χ2v) is 7.04. The molecule has 0 radical (unpaired) electrons. The summed E-state index contributed by atoms with van der Waals surface area (Å²) in [6.07, 6.45) is 3.03. The van der Waals surface area contributed by atoms with Crippen molar-refractivity contribution in [3.05, 3.63) is 23.5 Å². The molecule has 0 aliphatic carbocycles. The van der Waals surface area contributed by atoms with Gasteiger partial charge in [-0.25, -0.2) is 9.67 Å². The third-order valence-electron chi connectivity index (χ3n) is 5.05. The van der Waals surface area contributed by atoms with Crippen LogP contribution in [-0.4, -0.2) is 49.2 Å². The van der Waals surface area contributed by atoms with Gasteiger partial charge in [-0.1, -0.05) is 0 Å². The van der Waals surface area contributed by atoms with Gasteiger partial charge in [-0.15, -0.1) is 0 Å². The minimum atomic E-state index is -0.839. The molecule has 2 atom stereocenters. The molecular weight excluding hydrogens is 320 g/mol. The third-order valence-corrected chi connectivity index (χ3v) is 5.05. The third kappa shape index (κ3) is 2.99. The fourth-order valence-electron chi connectivity index (χ4n) is 3.57. The molecule has 3 rings (SSSR count). The van der Waals surface area contributed by atoms with Gasteiger partial charge in [0.25, 0.3) is 5.91 Å². The van der Waals surface area contributed by atoms with Gasteiger partial charge in [0, 0.05) is 24.0 Å². The van der Waals surface area contributed by atoms with Crippen molar-refractivity contribution >= 4 is 22.9 Å². The molecule has 3 heterocycles. The van der Waals surface area contributed by atoms with Crippen LogP contribution in [0.5, 0.6) is 0 Å². The van der Waals surface area contributed by atoms with Gasteiger partial charge in [0.05, 0.1) is 23.4 Å². The molecule has 134 valence electrons. The van der Waals surface area contributed by atoms with Gasteiger partial charge in [-0.2, -0.15) is 5.10 Å². The predicted molar refractivity (Wildman–Crippen MR) is 93.5 cm³/mol. The molecule has 0 bridgehead atoms. The lowest BCUT2D eigenvalue weighted by molar-refractivity contribution is -0.144. The molecule has 1 fully saturated rings. The number of piperidine rings is 1. The maximum absolute atomic E-state index is 13.0. The number of hydrogen-bond donors (Lipinski definition) is 1. The van der Waals surface area contributed by atoms with E-state index in [4.69, 9.17) is 0 Å². The first-order valence-corrected chi connectivity index (χ1v) is 8.70. The molecule has 1 aliphatic rings. The lowest BCUT2D eigenvalue weighted by atomic mass is 9.89. The topological polar surface area (TPSA) is 88.3 Å². The van der Waals surface area contributed by atoms with Gasteiger partial charge < -0.3 is 10.0 Å². The predicted octanol–water partition coefficient (Wildman–Crippen LogP) is 2.65. The van der Waals surface area contributed by atoms with Crippen LogP contribution in [0.1, 0.15) is 55.7 Å². The molecule has 2 aromatic heterocycles. The monoisotopic (exact) mass is 344 g/mol. The quantitative estimate of drug-likeness (QED) is 0.925. The van der Waals surface area contributed by atoms with E-state index in [1.165, 1.54) is 0 Å². The molecule has 0 saturated carbocycles. The Balaban J connectivity index is 1.97. The maximum atomic E-state index is 13.0. The van der Waals surface area contributed by atoms with Crippen molar-refractivity contribution in [2.24, 2.45) is 5.92 Å². The van der Waals surface area contributed by atoms with Crippen LogP contribution in [0.2, 0.25) is 0 Å². The summed E-state index contributed by atoms with van der Waals surface area (Å²) in [5, 5.41) is 14.5. The zero-order chi connectivity index (χ0) is 18.3. The summed E-state index contributed by atoms with van der Waals surface area (Å²) < 4.78 is 1.83. The zero-order valence-corrected chi connectivity index (χ0v) is 15.1. The van der Waals surface area contributed by atoms with Crippen LogP contribution in [0.4, 0.5) is 0 Å². The van der Waals surface area contributed by atoms with Crippen molar-refractivity contribution in [1.82, 2.24) is 19.7 Å². The average Bonchev–Trinajstić information content (AvgIpc) is 2.96. The Kier molecular flexibility index (Phi) is 4.49. The molecule has 7 nitrogen and oxygen atoms in total. The van der Waals surface area contributed by atoms with Crippen molar-refractivity contribution in [2.75, 3.05) is 6.54 Å². The summed E-state index contributed by atoms with van der Waals surface area (Å²) in [5.74, 6) is -1.51. The van der Waals surface area contributed by atoms with Crippen molar-refractivity contribution < 1.29 is 14.7 Å². The molecule has 1 amide bonds. The fourth-order valence-corrected chi connectivity index (χ4v) is 3.57. The first-order valence-electron chi connectivity index (χ1n) is 8.70. The van der Waals surface area contributed by atoms with E-state index in [1.54, 1.807) is 11.1 Å². The number of fused-ring (bicyclic) bond motifs is 1. The Labute approximate surface area is 146 Å². The number of aromatic nitrogens is 3. The Morgan fingerprint density at radius 2 is 2.08 bits per heavy atom. The summed E-state index contributed by atoms with van der Waals surface area (Å²) in [5.41, 5.74) is 1.93. The highest BCUT2D eigenvalue weighted by Gasteiger charge is 2.36. The standard InChI is InChI=1S/C18H24N4O3/c1-10(2)22-16-13(9-19-22)8-15(11(3)20-16)17(23)21-7-5-6-14(12(21)4)18(24)25/h8-10,12,14H,5-7H2,1-4H3,(H,24,25)/t12-,14-/m0/s1. The van der Waals surface area contributed by atoms with E-state index in [-0.39, 0.29) is 18.0 Å². The number of aliphatic carboxylic acids is 1. The molecular formula is C18H24N4O3. The average molecular weight is 344 g/mol. The highest BCUT2D eigenvalue weighted by molar-refractivity contribution is 5.98. The lowest BCUT2D eigenvalue weighted by Gasteiger charge is -2.37. The number of carboxylic acids is 1. The van der Waals surface area contributed by atoms with Crippen LogP contribution in [0.15, 0.2) is 12.3 Å². The molecule has 0 spiro atoms. The Bertz CT molecular complexity index is 827. The van der Waals surface area contributed by atoms with Crippen LogP contribution >= 0.6 is 0 Å². The number of carbonyl (C=O) groups excluding carboxylic acids is 1. The number of hydrogen-bond acceptors (Lipinski definition) is 4. The molecule has 2 aromatic rings. The Morgan fingerprint density at radius 3 is 2.72 bits per heavy atom. The largest absolute Gasteiger partial charge is 0.481 e. The number of pyridine rings is 1. The second-order valence-electron chi connectivity index (χ2n) is 7.04. The summed E-state index contributed by atoms with van der Waals surface area (Å²) in [4.78, 5) is 30.7. The lowest BCUT2D eigenvalue weighted by Crippen LogP contribution is -2.49. The van der Waals surface area contributed by atoms with E-state index in [2.05, 4.69) is 10.1 Å². The van der Waals surface area contributed by atoms with E-state index in [0.717, 1.165) is 11.0 Å². The normalized spacial score (nSPS) is 21.1. The van der Waals surface area contributed by atoms with Gasteiger partial charge >= 0.3 is 5.97 Å². The summed E-state index contributed by atoms with van der Waals surface area (Å²) >= 11 is 0. The zero-order valence-electron chi connectivity index (χ0n) is 15.1. The smallest absolute Gasteiger partial charge is 0.308 e. The van der Waals surface area contributed by atoms with E-state index in [0.29, 0.717) is 30.6 Å². The Hall–Kier alpha value is -2.44. The van der Waals surface area contributed by atoms with Gasteiger partial charge in [-0.3, -0.25) is 9.59 Å². The number of carbonyl (C=O) groups is 2. The van der Waals surface area contributed by atoms with Crippen LogP contribution in [0.3, 0.4) is 0 Å². The van der Waals surface area contributed by atoms with Gasteiger partial charge in [-0.05, 0) is 46.6 Å². The second kappa shape index (κ2) is 6.46.